The first kappa shape index (κ1) is 12.4. The van der Waals surface area contributed by atoms with Crippen LogP contribution in [-0.2, 0) is 0 Å². The standard InChI is InChI=1S/C15H23NO/c1-3-15(13-7-5-9-16-11-13)12-6-4-8-14(10-12)17-2/h4,6,8,10,13,15-16H,3,5,7,9,11H2,1-2H3. The molecule has 1 fully saturated rings. The highest BCUT2D eigenvalue weighted by atomic mass is 16.5. The van der Waals surface area contributed by atoms with Crippen LogP contribution >= 0.6 is 0 Å². The second-order valence-corrected chi connectivity index (χ2v) is 4.90. The maximum atomic E-state index is 5.32. The van der Waals surface area contributed by atoms with Gasteiger partial charge >= 0.3 is 0 Å². The number of rotatable bonds is 4. The van der Waals surface area contributed by atoms with Crippen molar-refractivity contribution in [3.63, 3.8) is 0 Å². The third-order valence-electron chi connectivity index (χ3n) is 3.87. The molecule has 17 heavy (non-hydrogen) atoms. The summed E-state index contributed by atoms with van der Waals surface area (Å²) < 4.78 is 5.32. The van der Waals surface area contributed by atoms with Crippen LogP contribution < -0.4 is 10.1 Å². The van der Waals surface area contributed by atoms with E-state index < -0.39 is 0 Å². The van der Waals surface area contributed by atoms with Gasteiger partial charge in [0, 0.05) is 0 Å². The molecular formula is C15H23NO. The van der Waals surface area contributed by atoms with Gasteiger partial charge in [-0.3, -0.25) is 0 Å². The van der Waals surface area contributed by atoms with E-state index in [1.807, 2.05) is 6.07 Å². The van der Waals surface area contributed by atoms with Crippen LogP contribution in [0, 0.1) is 5.92 Å². The van der Waals surface area contributed by atoms with Crippen LogP contribution in [0.15, 0.2) is 24.3 Å². The van der Waals surface area contributed by atoms with Crippen LogP contribution in [0.4, 0.5) is 0 Å². The summed E-state index contributed by atoms with van der Waals surface area (Å²) >= 11 is 0. The molecule has 2 atom stereocenters. The summed E-state index contributed by atoms with van der Waals surface area (Å²) in [4.78, 5) is 0. The Morgan fingerprint density at radius 3 is 3.00 bits per heavy atom. The lowest BCUT2D eigenvalue weighted by atomic mass is 9.80. The zero-order valence-electron chi connectivity index (χ0n) is 10.9. The van der Waals surface area contributed by atoms with Crippen LogP contribution in [-0.4, -0.2) is 20.2 Å². The highest BCUT2D eigenvalue weighted by molar-refractivity contribution is 5.31. The number of hydrogen-bond acceptors (Lipinski definition) is 2. The topological polar surface area (TPSA) is 21.3 Å². The first-order valence-electron chi connectivity index (χ1n) is 6.69. The van der Waals surface area contributed by atoms with Gasteiger partial charge in [0.2, 0.25) is 0 Å². The Labute approximate surface area is 104 Å². The van der Waals surface area contributed by atoms with E-state index >= 15 is 0 Å². The molecule has 94 valence electrons. The summed E-state index contributed by atoms with van der Waals surface area (Å²) in [6.07, 6.45) is 3.87. The van der Waals surface area contributed by atoms with Crippen LogP contribution in [0.2, 0.25) is 0 Å². The normalized spacial score (nSPS) is 22.1. The van der Waals surface area contributed by atoms with E-state index in [4.69, 9.17) is 4.74 Å². The molecule has 1 aliphatic heterocycles. The number of nitrogens with one attached hydrogen (secondary N) is 1. The molecule has 1 aromatic rings. The molecule has 2 rings (SSSR count). The maximum absolute atomic E-state index is 5.32. The number of methoxy groups -OCH3 is 1. The van der Waals surface area contributed by atoms with Gasteiger partial charge in [-0.15, -0.1) is 0 Å². The third-order valence-corrected chi connectivity index (χ3v) is 3.87. The van der Waals surface area contributed by atoms with Gasteiger partial charge in [-0.2, -0.15) is 0 Å². The number of hydrogen-bond donors (Lipinski definition) is 1. The first-order valence-corrected chi connectivity index (χ1v) is 6.69. The lowest BCUT2D eigenvalue weighted by Crippen LogP contribution is -2.33. The summed E-state index contributed by atoms with van der Waals surface area (Å²) in [7, 11) is 1.74. The molecular weight excluding hydrogens is 210 g/mol. The van der Waals surface area contributed by atoms with E-state index in [1.54, 1.807) is 7.11 Å². The second kappa shape index (κ2) is 6.06. The Balaban J connectivity index is 2.15. The highest BCUT2D eigenvalue weighted by Gasteiger charge is 2.23. The zero-order chi connectivity index (χ0) is 12.1. The largest absolute Gasteiger partial charge is 0.497 e. The molecule has 1 aromatic carbocycles. The van der Waals surface area contributed by atoms with Crippen molar-refractivity contribution in [3.8, 4) is 5.75 Å². The lowest BCUT2D eigenvalue weighted by Gasteiger charge is -2.30. The fourth-order valence-electron chi connectivity index (χ4n) is 2.94. The lowest BCUT2D eigenvalue weighted by molar-refractivity contribution is 0.316. The van der Waals surface area contributed by atoms with E-state index in [2.05, 4.69) is 30.4 Å². The van der Waals surface area contributed by atoms with Crippen molar-refractivity contribution < 1.29 is 4.74 Å². The Hall–Kier alpha value is -1.02. The molecule has 1 heterocycles. The van der Waals surface area contributed by atoms with Crippen LogP contribution in [0.1, 0.15) is 37.7 Å². The van der Waals surface area contributed by atoms with Gasteiger partial charge in [0.25, 0.3) is 0 Å². The minimum Gasteiger partial charge on any atom is -0.497 e. The minimum absolute atomic E-state index is 0.665. The predicted molar refractivity (Wildman–Crippen MR) is 71.6 cm³/mol. The molecule has 0 aromatic heterocycles. The van der Waals surface area contributed by atoms with E-state index in [0.717, 1.165) is 18.2 Å². The van der Waals surface area contributed by atoms with Crippen molar-refractivity contribution in [3.05, 3.63) is 29.8 Å². The van der Waals surface area contributed by atoms with Gasteiger partial charge in [0.05, 0.1) is 7.11 Å². The summed E-state index contributed by atoms with van der Waals surface area (Å²) in [5, 5.41) is 3.52. The van der Waals surface area contributed by atoms with Gasteiger partial charge in [-0.05, 0) is 61.9 Å². The third kappa shape index (κ3) is 3.01. The number of benzene rings is 1. The highest BCUT2D eigenvalue weighted by Crippen LogP contribution is 2.33. The SMILES string of the molecule is CCC(c1cccc(OC)c1)C1CCCNC1. The predicted octanol–water partition coefficient (Wildman–Crippen LogP) is 3.19. The maximum Gasteiger partial charge on any atom is 0.119 e. The van der Waals surface area contributed by atoms with Gasteiger partial charge in [-0.25, -0.2) is 0 Å². The van der Waals surface area contributed by atoms with Crippen LogP contribution in [0.3, 0.4) is 0 Å². The smallest absolute Gasteiger partial charge is 0.119 e. The van der Waals surface area contributed by atoms with Crippen molar-refractivity contribution in [2.75, 3.05) is 20.2 Å². The van der Waals surface area contributed by atoms with Crippen LogP contribution in [0.25, 0.3) is 0 Å². The molecule has 1 N–H and O–H groups in total. The van der Waals surface area contributed by atoms with E-state index in [1.165, 1.54) is 31.4 Å². The van der Waals surface area contributed by atoms with Gasteiger partial charge in [-0.1, -0.05) is 19.1 Å². The molecule has 2 unspecified atom stereocenters. The summed E-state index contributed by atoms with van der Waals surface area (Å²) in [6.45, 7) is 4.64. The van der Waals surface area contributed by atoms with Crippen molar-refractivity contribution in [1.29, 1.82) is 0 Å². The molecule has 2 heteroatoms. The van der Waals surface area contributed by atoms with Gasteiger partial charge < -0.3 is 10.1 Å². The molecule has 0 aliphatic carbocycles. The van der Waals surface area contributed by atoms with Crippen molar-refractivity contribution in [2.45, 2.75) is 32.1 Å². The Kier molecular flexibility index (Phi) is 4.43. The van der Waals surface area contributed by atoms with Crippen molar-refractivity contribution >= 4 is 0 Å². The zero-order valence-corrected chi connectivity index (χ0v) is 10.9. The molecule has 0 saturated carbocycles. The number of ether oxygens (including phenoxy) is 1. The quantitative estimate of drug-likeness (QED) is 0.862. The molecule has 1 saturated heterocycles. The van der Waals surface area contributed by atoms with Crippen molar-refractivity contribution in [2.24, 2.45) is 5.92 Å². The van der Waals surface area contributed by atoms with Gasteiger partial charge in [0.15, 0.2) is 0 Å². The minimum atomic E-state index is 0.665. The second-order valence-electron chi connectivity index (χ2n) is 4.90. The summed E-state index contributed by atoms with van der Waals surface area (Å²) in [5.74, 6) is 2.42. The first-order chi connectivity index (χ1) is 8.35. The molecule has 0 amide bonds. The molecule has 0 spiro atoms. The van der Waals surface area contributed by atoms with E-state index in [9.17, 15) is 0 Å². The fraction of sp³-hybridized carbons (Fsp3) is 0.600. The van der Waals surface area contributed by atoms with Crippen LogP contribution in [0.5, 0.6) is 5.75 Å². The Morgan fingerprint density at radius 2 is 2.35 bits per heavy atom. The molecule has 0 bridgehead atoms. The van der Waals surface area contributed by atoms with E-state index in [0.29, 0.717) is 5.92 Å². The number of piperidine rings is 1. The monoisotopic (exact) mass is 233 g/mol. The van der Waals surface area contributed by atoms with E-state index in [-0.39, 0.29) is 0 Å². The Morgan fingerprint density at radius 1 is 1.47 bits per heavy atom. The average Bonchev–Trinajstić information content (AvgIpc) is 2.41. The molecule has 0 radical (unpaired) electrons. The summed E-state index contributed by atoms with van der Waals surface area (Å²) in [5.41, 5.74) is 1.43. The molecule has 2 nitrogen and oxygen atoms in total. The Bertz CT molecular complexity index is 345. The average molecular weight is 233 g/mol. The molecule has 1 aliphatic rings. The summed E-state index contributed by atoms with van der Waals surface area (Å²) in [6, 6.07) is 8.57. The van der Waals surface area contributed by atoms with Crippen molar-refractivity contribution in [1.82, 2.24) is 5.32 Å². The van der Waals surface area contributed by atoms with Gasteiger partial charge in [0.1, 0.15) is 5.75 Å². The fourth-order valence-corrected chi connectivity index (χ4v) is 2.94.